The number of carbonyl (C=O) groups is 2. The van der Waals surface area contributed by atoms with E-state index >= 15 is 0 Å². The summed E-state index contributed by atoms with van der Waals surface area (Å²) in [6.07, 6.45) is 2.91. The van der Waals surface area contributed by atoms with E-state index in [1.807, 2.05) is 6.07 Å². The molecule has 0 radical (unpaired) electrons. The summed E-state index contributed by atoms with van der Waals surface area (Å²) in [5.74, 6) is -0.909. The standard InChI is InChI=1S/C21H22N4O4S/c1-5-10-29-21(28)17(12-22)20-25(6-2)19(27)18(30-20)13-23-15-8-7-9-16(11-15)24(4)14(3)26/h5,7-9,11,13,23H,1,6,10H2,2-4H3. The minimum atomic E-state index is -0.805. The smallest absolute Gasteiger partial charge is 0.352 e. The van der Waals surface area contributed by atoms with Crippen molar-refractivity contribution in [1.82, 2.24) is 4.57 Å². The Kier molecular flexibility index (Phi) is 7.72. The fraction of sp³-hybridized carbons (Fsp3) is 0.238. The number of hydrogen-bond acceptors (Lipinski definition) is 7. The van der Waals surface area contributed by atoms with E-state index in [2.05, 4.69) is 11.9 Å². The van der Waals surface area contributed by atoms with Crippen LogP contribution in [0.15, 0.2) is 41.7 Å². The van der Waals surface area contributed by atoms with E-state index in [0.29, 0.717) is 15.9 Å². The Bertz CT molecular complexity index is 1190. The Morgan fingerprint density at radius 2 is 2.17 bits per heavy atom. The number of carbonyl (C=O) groups excluding carboxylic acids is 2. The number of amides is 1. The van der Waals surface area contributed by atoms with Crippen molar-refractivity contribution in [3.63, 3.8) is 0 Å². The van der Waals surface area contributed by atoms with E-state index in [-0.39, 0.29) is 34.9 Å². The van der Waals surface area contributed by atoms with Gasteiger partial charge in [0, 0.05) is 38.1 Å². The molecule has 1 N–H and O–H groups in total. The van der Waals surface area contributed by atoms with Gasteiger partial charge in [0.1, 0.15) is 21.9 Å². The molecule has 0 aliphatic heterocycles. The van der Waals surface area contributed by atoms with Crippen LogP contribution in [-0.4, -0.2) is 30.1 Å². The molecular weight excluding hydrogens is 404 g/mol. The van der Waals surface area contributed by atoms with Gasteiger partial charge in [0.15, 0.2) is 5.57 Å². The molecule has 0 aliphatic carbocycles. The third kappa shape index (κ3) is 5.04. The molecule has 1 heterocycles. The minimum absolute atomic E-state index is 0.0304. The number of nitriles is 1. The molecule has 2 aromatic rings. The Morgan fingerprint density at radius 3 is 2.77 bits per heavy atom. The average molecular weight is 426 g/mol. The van der Waals surface area contributed by atoms with E-state index in [4.69, 9.17) is 4.74 Å². The first kappa shape index (κ1) is 22.6. The lowest BCUT2D eigenvalue weighted by molar-refractivity contribution is -0.135. The molecule has 1 aromatic carbocycles. The first-order chi connectivity index (χ1) is 14.3. The maximum Gasteiger partial charge on any atom is 0.352 e. The molecule has 0 bridgehead atoms. The van der Waals surface area contributed by atoms with Crippen molar-refractivity contribution in [3.05, 3.63) is 56.5 Å². The van der Waals surface area contributed by atoms with Crippen LogP contribution in [0.3, 0.4) is 0 Å². The highest BCUT2D eigenvalue weighted by atomic mass is 32.1. The lowest BCUT2D eigenvalue weighted by Crippen LogP contribution is -2.32. The monoisotopic (exact) mass is 426 g/mol. The van der Waals surface area contributed by atoms with E-state index in [9.17, 15) is 19.6 Å². The molecule has 0 atom stereocenters. The van der Waals surface area contributed by atoms with Crippen molar-refractivity contribution < 1.29 is 14.3 Å². The summed E-state index contributed by atoms with van der Waals surface area (Å²) in [7, 11) is 1.67. The number of nitrogens with zero attached hydrogens (tertiary/aromatic N) is 3. The number of nitrogens with one attached hydrogen (secondary N) is 1. The zero-order valence-electron chi connectivity index (χ0n) is 17.0. The first-order valence-electron chi connectivity index (χ1n) is 9.07. The predicted molar refractivity (Wildman–Crippen MR) is 117 cm³/mol. The average Bonchev–Trinajstić information content (AvgIpc) is 3.05. The second-order valence-corrected chi connectivity index (χ2v) is 7.14. The number of anilines is 2. The van der Waals surface area contributed by atoms with E-state index < -0.39 is 5.97 Å². The van der Waals surface area contributed by atoms with Crippen LogP contribution in [-0.2, 0) is 20.9 Å². The highest BCUT2D eigenvalue weighted by Gasteiger charge is 2.16. The number of esters is 1. The quantitative estimate of drug-likeness (QED) is 0.526. The Hall–Kier alpha value is -3.64. The maximum atomic E-state index is 12.7. The fourth-order valence-corrected chi connectivity index (χ4v) is 3.59. The molecule has 1 aromatic heterocycles. The van der Waals surface area contributed by atoms with Crippen molar-refractivity contribution in [2.24, 2.45) is 0 Å². The third-order valence-corrected chi connectivity index (χ3v) is 5.29. The van der Waals surface area contributed by atoms with Crippen LogP contribution in [0.2, 0.25) is 0 Å². The van der Waals surface area contributed by atoms with E-state index in [1.165, 1.54) is 28.7 Å². The predicted octanol–water partition coefficient (Wildman–Crippen LogP) is 1.17. The van der Waals surface area contributed by atoms with Crippen LogP contribution in [0.5, 0.6) is 0 Å². The topological polar surface area (TPSA) is 104 Å². The van der Waals surface area contributed by atoms with Crippen molar-refractivity contribution in [2.45, 2.75) is 20.4 Å². The van der Waals surface area contributed by atoms with Crippen molar-refractivity contribution in [3.8, 4) is 6.07 Å². The van der Waals surface area contributed by atoms with Gasteiger partial charge in [0.05, 0.1) is 0 Å². The summed E-state index contributed by atoms with van der Waals surface area (Å²) < 4.78 is 6.86. The van der Waals surface area contributed by atoms with Crippen LogP contribution in [0.4, 0.5) is 11.4 Å². The van der Waals surface area contributed by atoms with Gasteiger partial charge < -0.3 is 15.0 Å². The highest BCUT2D eigenvalue weighted by molar-refractivity contribution is 7.07. The highest BCUT2D eigenvalue weighted by Crippen LogP contribution is 2.18. The van der Waals surface area contributed by atoms with Crippen LogP contribution in [0, 0.1) is 11.3 Å². The minimum Gasteiger partial charge on any atom is -0.457 e. The van der Waals surface area contributed by atoms with Crippen molar-refractivity contribution >= 4 is 46.4 Å². The zero-order chi connectivity index (χ0) is 22.3. The van der Waals surface area contributed by atoms with Crippen LogP contribution in [0.1, 0.15) is 13.8 Å². The fourth-order valence-electron chi connectivity index (χ4n) is 2.52. The molecule has 0 saturated carbocycles. The molecule has 0 spiro atoms. The molecule has 30 heavy (non-hydrogen) atoms. The summed E-state index contributed by atoms with van der Waals surface area (Å²) in [6, 6.07) is 8.97. The zero-order valence-corrected chi connectivity index (χ0v) is 17.8. The van der Waals surface area contributed by atoms with Gasteiger partial charge in [-0.15, -0.1) is 11.3 Å². The van der Waals surface area contributed by atoms with Gasteiger partial charge in [-0.2, -0.15) is 5.26 Å². The van der Waals surface area contributed by atoms with Gasteiger partial charge in [-0.1, -0.05) is 18.7 Å². The van der Waals surface area contributed by atoms with Gasteiger partial charge >= 0.3 is 5.97 Å². The number of benzene rings is 1. The first-order valence-corrected chi connectivity index (χ1v) is 9.88. The molecule has 156 valence electrons. The number of aromatic nitrogens is 1. The summed E-state index contributed by atoms with van der Waals surface area (Å²) in [5.41, 5.74) is 0.813. The van der Waals surface area contributed by atoms with E-state index in [0.717, 1.165) is 11.3 Å². The Balaban J connectivity index is 2.50. The number of ether oxygens (including phenoxy) is 1. The maximum absolute atomic E-state index is 12.7. The molecule has 2 rings (SSSR count). The normalized spacial score (nSPS) is 12.0. The van der Waals surface area contributed by atoms with Crippen molar-refractivity contribution in [1.29, 1.82) is 5.26 Å². The van der Waals surface area contributed by atoms with E-state index in [1.54, 1.807) is 38.2 Å². The number of rotatable bonds is 7. The summed E-state index contributed by atoms with van der Waals surface area (Å²) in [6.45, 7) is 6.94. The Labute approximate surface area is 177 Å². The van der Waals surface area contributed by atoms with Crippen molar-refractivity contribution in [2.75, 3.05) is 23.9 Å². The number of thiazole rings is 1. The second-order valence-electron chi connectivity index (χ2n) is 6.11. The lowest BCUT2D eigenvalue weighted by Gasteiger charge is -2.15. The van der Waals surface area contributed by atoms with Gasteiger partial charge in [0.2, 0.25) is 5.91 Å². The Morgan fingerprint density at radius 1 is 1.43 bits per heavy atom. The largest absolute Gasteiger partial charge is 0.457 e. The third-order valence-electron chi connectivity index (χ3n) is 4.16. The summed E-state index contributed by atoms with van der Waals surface area (Å²) in [4.78, 5) is 37.9. The van der Waals surface area contributed by atoms with Crippen LogP contribution >= 0.6 is 11.3 Å². The van der Waals surface area contributed by atoms with Gasteiger partial charge in [-0.25, -0.2) is 4.79 Å². The summed E-state index contributed by atoms with van der Waals surface area (Å²) >= 11 is 1.02. The van der Waals surface area contributed by atoms with Gasteiger partial charge in [-0.3, -0.25) is 14.2 Å². The SMILES string of the molecule is C=CCOC(=O)C(C#N)=c1sc(=CNc2cccc(N(C)C(C)=O)c2)c(=O)n1CC. The summed E-state index contributed by atoms with van der Waals surface area (Å²) in [5, 5.41) is 12.5. The van der Waals surface area contributed by atoms with Crippen LogP contribution in [0.25, 0.3) is 11.8 Å². The molecule has 1 amide bonds. The lowest BCUT2D eigenvalue weighted by atomic mass is 10.2. The number of hydrogen-bond donors (Lipinski definition) is 1. The molecular formula is C21H22N4O4S. The van der Waals surface area contributed by atoms with Crippen LogP contribution < -0.4 is 25.0 Å². The molecule has 0 fully saturated rings. The van der Waals surface area contributed by atoms with Gasteiger partial charge in [0.25, 0.3) is 5.56 Å². The molecule has 0 saturated heterocycles. The molecule has 9 heteroatoms. The molecule has 8 nitrogen and oxygen atoms in total. The second kappa shape index (κ2) is 10.2. The molecule has 0 aliphatic rings. The van der Waals surface area contributed by atoms with Gasteiger partial charge in [-0.05, 0) is 25.1 Å². The molecule has 0 unspecified atom stereocenters.